The first-order chi connectivity index (χ1) is 7.63. The van der Waals surface area contributed by atoms with E-state index >= 15 is 0 Å². The second kappa shape index (κ2) is 6.45. The van der Waals surface area contributed by atoms with Crippen molar-refractivity contribution in [3.05, 3.63) is 24.0 Å². The molecule has 2 N–H and O–H groups in total. The lowest BCUT2D eigenvalue weighted by Gasteiger charge is -2.20. The molecule has 16 heavy (non-hydrogen) atoms. The first kappa shape index (κ1) is 12.9. The van der Waals surface area contributed by atoms with E-state index in [1.54, 1.807) is 0 Å². The van der Waals surface area contributed by atoms with Gasteiger partial charge in [-0.3, -0.25) is 4.98 Å². The molecule has 0 fully saturated rings. The van der Waals surface area contributed by atoms with E-state index in [1.807, 2.05) is 12.3 Å². The van der Waals surface area contributed by atoms with Crippen LogP contribution in [0.1, 0.15) is 12.1 Å². The lowest BCUT2D eigenvalue weighted by Crippen LogP contribution is -2.23. The normalized spacial score (nSPS) is 10.8. The van der Waals surface area contributed by atoms with Gasteiger partial charge in [0.15, 0.2) is 0 Å². The van der Waals surface area contributed by atoms with Crippen molar-refractivity contribution in [1.29, 1.82) is 0 Å². The fourth-order valence-electron chi connectivity index (χ4n) is 1.57. The van der Waals surface area contributed by atoms with Gasteiger partial charge in [-0.2, -0.15) is 0 Å². The molecule has 1 rings (SSSR count). The summed E-state index contributed by atoms with van der Waals surface area (Å²) in [6.07, 6.45) is 2.98. The summed E-state index contributed by atoms with van der Waals surface area (Å²) in [5, 5.41) is 0. The molecule has 0 saturated carbocycles. The summed E-state index contributed by atoms with van der Waals surface area (Å²) in [6, 6.07) is 4.07. The van der Waals surface area contributed by atoms with Crippen LogP contribution in [0, 0.1) is 0 Å². The van der Waals surface area contributed by atoms with Crippen molar-refractivity contribution in [2.75, 3.05) is 39.1 Å². The molecular formula is C12H22N4. The van der Waals surface area contributed by atoms with Crippen molar-refractivity contribution >= 4 is 5.69 Å². The van der Waals surface area contributed by atoms with E-state index in [2.05, 4.69) is 42.0 Å². The molecule has 0 radical (unpaired) electrons. The molecule has 0 aromatic carbocycles. The van der Waals surface area contributed by atoms with Crippen molar-refractivity contribution < 1.29 is 0 Å². The van der Waals surface area contributed by atoms with Gasteiger partial charge in [0.25, 0.3) is 0 Å². The standard InChI is InChI=1S/C12H22N4/c1-15(2)7-4-8-16(3)12-5-6-14-11(9-12)10-13/h5-6,9H,4,7-8,10,13H2,1-3H3. The first-order valence-electron chi connectivity index (χ1n) is 5.64. The minimum absolute atomic E-state index is 0.499. The summed E-state index contributed by atoms with van der Waals surface area (Å²) < 4.78 is 0. The molecule has 4 nitrogen and oxygen atoms in total. The minimum atomic E-state index is 0.499. The van der Waals surface area contributed by atoms with Crippen LogP contribution in [0.2, 0.25) is 0 Å². The van der Waals surface area contributed by atoms with Gasteiger partial charge in [-0.05, 0) is 39.2 Å². The van der Waals surface area contributed by atoms with Crippen LogP contribution < -0.4 is 10.6 Å². The van der Waals surface area contributed by atoms with Crippen LogP contribution in [0.4, 0.5) is 5.69 Å². The number of hydrogen-bond acceptors (Lipinski definition) is 4. The van der Waals surface area contributed by atoms with Gasteiger partial charge >= 0.3 is 0 Å². The maximum atomic E-state index is 5.57. The third-order valence-electron chi connectivity index (χ3n) is 2.55. The predicted molar refractivity (Wildman–Crippen MR) is 68.6 cm³/mol. The van der Waals surface area contributed by atoms with Crippen molar-refractivity contribution in [3.63, 3.8) is 0 Å². The molecular weight excluding hydrogens is 200 g/mol. The molecule has 0 atom stereocenters. The minimum Gasteiger partial charge on any atom is -0.374 e. The van der Waals surface area contributed by atoms with Crippen LogP contribution in [0.5, 0.6) is 0 Å². The Kier molecular flexibility index (Phi) is 5.22. The largest absolute Gasteiger partial charge is 0.374 e. The third-order valence-corrected chi connectivity index (χ3v) is 2.55. The summed E-state index contributed by atoms with van der Waals surface area (Å²) in [6.45, 7) is 2.66. The highest BCUT2D eigenvalue weighted by Gasteiger charge is 2.02. The number of nitrogens with zero attached hydrogens (tertiary/aromatic N) is 3. The molecule has 0 aliphatic carbocycles. The van der Waals surface area contributed by atoms with Gasteiger partial charge in [-0.1, -0.05) is 0 Å². The molecule has 4 heteroatoms. The van der Waals surface area contributed by atoms with Gasteiger partial charge in [-0.15, -0.1) is 0 Å². The molecule has 90 valence electrons. The second-order valence-corrected chi connectivity index (χ2v) is 4.29. The highest BCUT2D eigenvalue weighted by Crippen LogP contribution is 2.12. The topological polar surface area (TPSA) is 45.4 Å². The summed E-state index contributed by atoms with van der Waals surface area (Å²) in [4.78, 5) is 8.63. The van der Waals surface area contributed by atoms with Crippen molar-refractivity contribution in [2.24, 2.45) is 5.73 Å². The zero-order chi connectivity index (χ0) is 12.0. The molecule has 0 unspecified atom stereocenters. The van der Waals surface area contributed by atoms with Gasteiger partial charge in [0, 0.05) is 32.0 Å². The Morgan fingerprint density at radius 3 is 2.62 bits per heavy atom. The molecule has 0 aliphatic rings. The Labute approximate surface area is 98.1 Å². The zero-order valence-electron chi connectivity index (χ0n) is 10.5. The maximum absolute atomic E-state index is 5.57. The van der Waals surface area contributed by atoms with Crippen molar-refractivity contribution in [3.8, 4) is 0 Å². The van der Waals surface area contributed by atoms with Crippen LogP contribution >= 0.6 is 0 Å². The highest BCUT2D eigenvalue weighted by molar-refractivity contribution is 5.45. The van der Waals surface area contributed by atoms with Gasteiger partial charge < -0.3 is 15.5 Å². The van der Waals surface area contributed by atoms with Crippen molar-refractivity contribution in [2.45, 2.75) is 13.0 Å². The van der Waals surface area contributed by atoms with E-state index in [4.69, 9.17) is 5.73 Å². The third kappa shape index (κ3) is 4.16. The average molecular weight is 222 g/mol. The van der Waals surface area contributed by atoms with E-state index in [0.29, 0.717) is 6.54 Å². The maximum Gasteiger partial charge on any atom is 0.0560 e. The van der Waals surface area contributed by atoms with Crippen LogP contribution in [-0.2, 0) is 6.54 Å². The molecule has 1 heterocycles. The summed E-state index contributed by atoms with van der Waals surface area (Å²) in [5.41, 5.74) is 7.70. The molecule has 1 aromatic heterocycles. The monoisotopic (exact) mass is 222 g/mol. The van der Waals surface area contributed by atoms with E-state index in [-0.39, 0.29) is 0 Å². The van der Waals surface area contributed by atoms with Gasteiger partial charge in [0.1, 0.15) is 0 Å². The lowest BCUT2D eigenvalue weighted by molar-refractivity contribution is 0.401. The fraction of sp³-hybridized carbons (Fsp3) is 0.583. The predicted octanol–water partition coefficient (Wildman–Crippen LogP) is 0.928. The molecule has 0 aliphatic heterocycles. The number of nitrogens with two attached hydrogens (primary N) is 1. The Hall–Kier alpha value is -1.13. The lowest BCUT2D eigenvalue weighted by atomic mass is 10.3. The summed E-state index contributed by atoms with van der Waals surface area (Å²) in [5.74, 6) is 0. The van der Waals surface area contributed by atoms with Gasteiger partial charge in [0.2, 0.25) is 0 Å². The average Bonchev–Trinajstić information content (AvgIpc) is 2.28. The smallest absolute Gasteiger partial charge is 0.0560 e. The molecule has 0 saturated heterocycles. The Morgan fingerprint density at radius 2 is 2.00 bits per heavy atom. The summed E-state index contributed by atoms with van der Waals surface area (Å²) >= 11 is 0. The Bertz CT molecular complexity index is 312. The number of anilines is 1. The zero-order valence-corrected chi connectivity index (χ0v) is 10.5. The Balaban J connectivity index is 2.48. The second-order valence-electron chi connectivity index (χ2n) is 4.29. The van der Waals surface area contributed by atoms with Crippen LogP contribution in [0.25, 0.3) is 0 Å². The van der Waals surface area contributed by atoms with Crippen molar-refractivity contribution in [1.82, 2.24) is 9.88 Å². The number of pyridine rings is 1. The fourth-order valence-corrected chi connectivity index (χ4v) is 1.57. The van der Waals surface area contributed by atoms with E-state index in [1.165, 1.54) is 5.69 Å². The van der Waals surface area contributed by atoms with Crippen LogP contribution in [0.3, 0.4) is 0 Å². The van der Waals surface area contributed by atoms with Crippen LogP contribution in [-0.4, -0.2) is 44.1 Å². The first-order valence-corrected chi connectivity index (χ1v) is 5.64. The Morgan fingerprint density at radius 1 is 1.25 bits per heavy atom. The van der Waals surface area contributed by atoms with Gasteiger partial charge in [-0.25, -0.2) is 0 Å². The molecule has 0 bridgehead atoms. The highest BCUT2D eigenvalue weighted by atomic mass is 15.1. The summed E-state index contributed by atoms with van der Waals surface area (Å²) in [7, 11) is 6.29. The van der Waals surface area contributed by atoms with Crippen LogP contribution in [0.15, 0.2) is 18.3 Å². The number of rotatable bonds is 6. The number of hydrogen-bond donors (Lipinski definition) is 1. The van der Waals surface area contributed by atoms with Gasteiger partial charge in [0.05, 0.1) is 5.69 Å². The van der Waals surface area contributed by atoms with E-state index in [0.717, 1.165) is 25.2 Å². The van der Waals surface area contributed by atoms with E-state index < -0.39 is 0 Å². The number of aromatic nitrogens is 1. The van der Waals surface area contributed by atoms with E-state index in [9.17, 15) is 0 Å². The molecule has 0 amide bonds. The quantitative estimate of drug-likeness (QED) is 0.777. The SMILES string of the molecule is CN(C)CCCN(C)c1ccnc(CN)c1. The molecule has 1 aromatic rings. The molecule has 0 spiro atoms.